The van der Waals surface area contributed by atoms with E-state index in [1.807, 2.05) is 16.8 Å². The van der Waals surface area contributed by atoms with Gasteiger partial charge in [-0.3, -0.25) is 0 Å². The largest absolute Gasteiger partial charge is 0.224 e. The molecule has 0 amide bonds. The lowest BCUT2D eigenvalue weighted by Gasteiger charge is -2.08. The Balaban J connectivity index is 2.11. The molecule has 0 N–H and O–H groups in total. The first kappa shape index (κ1) is 17.4. The zero-order valence-electron chi connectivity index (χ0n) is 12.4. The number of sulfone groups is 1. The van der Waals surface area contributed by atoms with Gasteiger partial charge >= 0.3 is 0 Å². The maximum Gasteiger partial charge on any atom is 0.178 e. The Bertz CT molecular complexity index is 1030. The smallest absolute Gasteiger partial charge is 0.178 e. The van der Waals surface area contributed by atoms with E-state index in [-0.39, 0.29) is 4.90 Å². The first-order chi connectivity index (χ1) is 11.3. The lowest BCUT2D eigenvalue weighted by molar-refractivity contribution is 0.571. The molecule has 1 heterocycles. The van der Waals surface area contributed by atoms with Gasteiger partial charge in [-0.15, -0.1) is 0 Å². The van der Waals surface area contributed by atoms with E-state index >= 15 is 0 Å². The first-order valence-corrected chi connectivity index (χ1v) is 10.4. The van der Waals surface area contributed by atoms with E-state index in [1.54, 1.807) is 18.2 Å². The van der Waals surface area contributed by atoms with Crippen LogP contribution in [-0.4, -0.2) is 14.7 Å². The van der Waals surface area contributed by atoms with Gasteiger partial charge in [-0.25, -0.2) is 12.8 Å². The summed E-state index contributed by atoms with van der Waals surface area (Å²) < 4.78 is 37.3. The van der Waals surface area contributed by atoms with E-state index in [4.69, 9.17) is 23.2 Å². The van der Waals surface area contributed by atoms with Crippen LogP contribution in [0.4, 0.5) is 4.39 Å². The number of benzene rings is 2. The van der Waals surface area contributed by atoms with Crippen molar-refractivity contribution in [1.29, 1.82) is 0 Å². The summed E-state index contributed by atoms with van der Waals surface area (Å²) in [6.45, 7) is 0. The van der Waals surface area contributed by atoms with E-state index in [1.165, 1.54) is 23.5 Å². The van der Waals surface area contributed by atoms with Gasteiger partial charge < -0.3 is 0 Å². The second kappa shape index (κ2) is 6.48. The molecule has 0 unspecified atom stereocenters. The Labute approximate surface area is 153 Å². The number of halogens is 3. The van der Waals surface area contributed by atoms with Gasteiger partial charge in [-0.05, 0) is 46.2 Å². The van der Waals surface area contributed by atoms with Gasteiger partial charge in [0.1, 0.15) is 10.7 Å². The average molecular weight is 401 g/mol. The van der Waals surface area contributed by atoms with Crippen LogP contribution in [0.5, 0.6) is 0 Å². The Kier molecular flexibility index (Phi) is 4.71. The third-order valence-corrected chi connectivity index (χ3v) is 6.15. The predicted octanol–water partition coefficient (Wildman–Crippen LogP) is 5.93. The number of hydrogen-bond acceptors (Lipinski definition) is 3. The molecular weight excluding hydrogens is 390 g/mol. The molecule has 7 heteroatoms. The summed E-state index contributed by atoms with van der Waals surface area (Å²) in [6.07, 6.45) is 0.983. The maximum absolute atomic E-state index is 14.2. The minimum atomic E-state index is -3.60. The summed E-state index contributed by atoms with van der Waals surface area (Å²) in [4.78, 5) is -0.308. The highest BCUT2D eigenvalue weighted by molar-refractivity contribution is 7.90. The Morgan fingerprint density at radius 2 is 1.50 bits per heavy atom. The third-order valence-electron chi connectivity index (χ3n) is 3.53. The van der Waals surface area contributed by atoms with Gasteiger partial charge in [0.2, 0.25) is 0 Å². The molecule has 0 aliphatic carbocycles. The maximum atomic E-state index is 14.2. The minimum Gasteiger partial charge on any atom is -0.224 e. The van der Waals surface area contributed by atoms with E-state index in [0.29, 0.717) is 15.6 Å². The number of rotatable bonds is 3. The predicted molar refractivity (Wildman–Crippen MR) is 98.3 cm³/mol. The summed E-state index contributed by atoms with van der Waals surface area (Å²) >= 11 is 13.5. The fourth-order valence-electron chi connectivity index (χ4n) is 2.38. The molecule has 3 aromatic rings. The van der Waals surface area contributed by atoms with Crippen LogP contribution >= 0.6 is 34.5 Å². The Morgan fingerprint density at radius 3 is 2.04 bits per heavy atom. The van der Waals surface area contributed by atoms with Gasteiger partial charge in [0.15, 0.2) is 9.84 Å². The lowest BCUT2D eigenvalue weighted by Crippen LogP contribution is -2.00. The highest BCUT2D eigenvalue weighted by Gasteiger charge is 2.16. The standard InChI is InChI=1S/C17H11Cl2FO2S2/c1-24(21,22)17-5-3-11(7-16(17)20)13-9-23-8-12(13)10-2-4-14(18)15(19)6-10/h2-9H,1H3. The monoisotopic (exact) mass is 400 g/mol. The Hall–Kier alpha value is -1.40. The van der Waals surface area contributed by atoms with Crippen molar-refractivity contribution in [3.63, 3.8) is 0 Å². The van der Waals surface area contributed by atoms with Crippen molar-refractivity contribution < 1.29 is 12.8 Å². The molecule has 24 heavy (non-hydrogen) atoms. The molecule has 2 aromatic carbocycles. The van der Waals surface area contributed by atoms with Crippen LogP contribution in [0.25, 0.3) is 22.3 Å². The first-order valence-electron chi connectivity index (χ1n) is 6.79. The van der Waals surface area contributed by atoms with Crippen LogP contribution in [0, 0.1) is 5.82 Å². The van der Waals surface area contributed by atoms with Crippen molar-refractivity contribution in [2.24, 2.45) is 0 Å². The molecule has 124 valence electrons. The van der Waals surface area contributed by atoms with Crippen molar-refractivity contribution in [2.75, 3.05) is 6.26 Å². The van der Waals surface area contributed by atoms with Crippen molar-refractivity contribution in [2.45, 2.75) is 4.90 Å². The average Bonchev–Trinajstić information content (AvgIpc) is 2.98. The van der Waals surface area contributed by atoms with Gasteiger partial charge in [-0.1, -0.05) is 35.3 Å². The molecule has 0 saturated carbocycles. The molecule has 0 atom stereocenters. The molecule has 1 aromatic heterocycles. The lowest BCUT2D eigenvalue weighted by atomic mass is 9.99. The topological polar surface area (TPSA) is 34.1 Å². The molecule has 0 fully saturated rings. The highest BCUT2D eigenvalue weighted by atomic mass is 35.5. The van der Waals surface area contributed by atoms with E-state index < -0.39 is 15.7 Å². The number of thiophene rings is 1. The van der Waals surface area contributed by atoms with Gasteiger partial charge in [0.05, 0.1) is 10.0 Å². The summed E-state index contributed by atoms with van der Waals surface area (Å²) in [6, 6.07) is 9.41. The Morgan fingerprint density at radius 1 is 0.917 bits per heavy atom. The molecule has 3 rings (SSSR count). The zero-order valence-corrected chi connectivity index (χ0v) is 15.5. The second-order valence-electron chi connectivity index (χ2n) is 5.25. The van der Waals surface area contributed by atoms with Gasteiger partial charge in [0.25, 0.3) is 0 Å². The van der Waals surface area contributed by atoms with Crippen LogP contribution < -0.4 is 0 Å². The van der Waals surface area contributed by atoms with E-state index in [9.17, 15) is 12.8 Å². The molecule has 0 aliphatic rings. The highest BCUT2D eigenvalue weighted by Crippen LogP contribution is 2.38. The van der Waals surface area contributed by atoms with Crippen LogP contribution in [0.2, 0.25) is 10.0 Å². The van der Waals surface area contributed by atoms with Gasteiger partial charge in [0, 0.05) is 17.4 Å². The quantitative estimate of drug-likeness (QED) is 0.545. The molecular formula is C17H11Cl2FO2S2. The van der Waals surface area contributed by atoms with Crippen molar-refractivity contribution in [3.8, 4) is 22.3 Å². The fourth-order valence-corrected chi connectivity index (χ4v) is 4.27. The molecule has 0 bridgehead atoms. The molecule has 0 radical (unpaired) electrons. The number of hydrogen-bond donors (Lipinski definition) is 0. The molecule has 0 spiro atoms. The van der Waals surface area contributed by atoms with Crippen LogP contribution in [0.15, 0.2) is 52.1 Å². The summed E-state index contributed by atoms with van der Waals surface area (Å²) in [5, 5.41) is 4.70. The van der Waals surface area contributed by atoms with Crippen molar-refractivity contribution >= 4 is 44.4 Å². The summed E-state index contributed by atoms with van der Waals surface area (Å²) in [5.74, 6) is -0.763. The zero-order chi connectivity index (χ0) is 17.5. The summed E-state index contributed by atoms with van der Waals surface area (Å²) in [7, 11) is -3.60. The van der Waals surface area contributed by atoms with Crippen LogP contribution in [0.3, 0.4) is 0 Å². The van der Waals surface area contributed by atoms with Crippen molar-refractivity contribution in [3.05, 3.63) is 63.0 Å². The molecule has 2 nitrogen and oxygen atoms in total. The third kappa shape index (κ3) is 3.35. The fraction of sp³-hybridized carbons (Fsp3) is 0.0588. The second-order valence-corrected chi connectivity index (χ2v) is 8.79. The van der Waals surface area contributed by atoms with Gasteiger partial charge in [-0.2, -0.15) is 11.3 Å². The summed E-state index contributed by atoms with van der Waals surface area (Å²) in [5.41, 5.74) is 3.14. The van der Waals surface area contributed by atoms with E-state index in [2.05, 4.69) is 0 Å². The minimum absolute atomic E-state index is 0.308. The molecule has 0 saturated heterocycles. The molecule has 0 aliphatic heterocycles. The normalized spacial score (nSPS) is 11.7. The van der Waals surface area contributed by atoms with Crippen LogP contribution in [0.1, 0.15) is 0 Å². The van der Waals surface area contributed by atoms with Crippen LogP contribution in [-0.2, 0) is 9.84 Å². The van der Waals surface area contributed by atoms with Crippen molar-refractivity contribution in [1.82, 2.24) is 0 Å². The SMILES string of the molecule is CS(=O)(=O)c1ccc(-c2cscc2-c2ccc(Cl)c(Cl)c2)cc1F. The van der Waals surface area contributed by atoms with E-state index in [0.717, 1.165) is 22.9 Å².